The molecule has 9 nitrogen and oxygen atoms in total. The molecule has 0 radical (unpaired) electrons. The van der Waals surface area contributed by atoms with Crippen LogP contribution in [0.3, 0.4) is 0 Å². The van der Waals surface area contributed by atoms with Crippen molar-refractivity contribution in [2.24, 2.45) is 5.41 Å². The standard InChI is InChI=1S/C22H25FN4O5/c1-4-5-24-20-13-6-12-8-22(14(28)7-15(29)25-21(22)30)19-11(3)31-10(2)9-27(19)17(12)16(23)18(13)32-26-20/h6,10-11,19H,4-5,7-9H2,1-3H3,(H,24,26)(H,25,29,30)/t10-,11+,19-,22?/m1/s1. The number of aromatic nitrogens is 1. The summed E-state index contributed by atoms with van der Waals surface area (Å²) in [6.07, 6.45) is -0.372. The van der Waals surface area contributed by atoms with Crippen LogP contribution in [0.25, 0.3) is 11.0 Å². The number of anilines is 2. The van der Waals surface area contributed by atoms with Crippen LogP contribution >= 0.6 is 0 Å². The van der Waals surface area contributed by atoms with Gasteiger partial charge in [0.15, 0.2) is 17.4 Å². The van der Waals surface area contributed by atoms with Crippen LogP contribution in [0, 0.1) is 11.2 Å². The summed E-state index contributed by atoms with van der Waals surface area (Å²) in [6.45, 7) is 6.55. The van der Waals surface area contributed by atoms with Crippen molar-refractivity contribution in [1.82, 2.24) is 10.5 Å². The largest absolute Gasteiger partial charge is 0.372 e. The fraction of sp³-hybridized carbons (Fsp3) is 0.545. The molecular weight excluding hydrogens is 419 g/mol. The first-order valence-corrected chi connectivity index (χ1v) is 10.9. The SMILES string of the molecule is CCCNc1noc2c(F)c3c(cc12)CC1(C(=O)CC(=O)NC1=O)[C@H]1[C@H](C)O[C@H](C)CN31. The van der Waals surface area contributed by atoms with E-state index in [1.807, 2.05) is 13.8 Å². The van der Waals surface area contributed by atoms with E-state index in [9.17, 15) is 14.4 Å². The van der Waals surface area contributed by atoms with E-state index in [0.29, 0.717) is 29.0 Å². The summed E-state index contributed by atoms with van der Waals surface area (Å²) in [5.74, 6) is -1.90. The van der Waals surface area contributed by atoms with Gasteiger partial charge in [-0.25, -0.2) is 4.39 Å². The Hall–Kier alpha value is -3.01. The maximum absolute atomic E-state index is 15.8. The third-order valence-corrected chi connectivity index (χ3v) is 6.72. The zero-order valence-electron chi connectivity index (χ0n) is 18.2. The number of ketones is 1. The van der Waals surface area contributed by atoms with E-state index in [1.165, 1.54) is 0 Å². The number of halogens is 1. The minimum absolute atomic E-state index is 0.0263. The number of carbonyl (C=O) groups excluding carboxylic acids is 3. The number of rotatable bonds is 3. The second-order valence-corrected chi connectivity index (χ2v) is 8.91. The minimum atomic E-state index is -1.55. The van der Waals surface area contributed by atoms with Gasteiger partial charge < -0.3 is 19.5 Å². The molecule has 2 aromatic rings. The molecule has 10 heteroatoms. The molecule has 4 atom stereocenters. The number of hydrogen-bond donors (Lipinski definition) is 2. The van der Waals surface area contributed by atoms with Crippen LogP contribution in [-0.2, 0) is 25.5 Å². The van der Waals surface area contributed by atoms with Gasteiger partial charge in [0.05, 0.1) is 35.7 Å². The zero-order valence-corrected chi connectivity index (χ0v) is 18.2. The molecule has 3 aliphatic heterocycles. The van der Waals surface area contributed by atoms with Crippen molar-refractivity contribution in [1.29, 1.82) is 0 Å². The van der Waals surface area contributed by atoms with Crippen molar-refractivity contribution in [2.45, 2.75) is 58.3 Å². The Balaban J connectivity index is 1.73. The highest BCUT2D eigenvalue weighted by Crippen LogP contribution is 2.50. The van der Waals surface area contributed by atoms with E-state index < -0.39 is 47.4 Å². The lowest BCUT2D eigenvalue weighted by Gasteiger charge is -2.55. The number of fused-ring (bicyclic) bond motifs is 5. The normalized spacial score (nSPS) is 29.8. The van der Waals surface area contributed by atoms with Crippen LogP contribution < -0.4 is 15.5 Å². The average molecular weight is 444 g/mol. The number of nitrogens with zero attached hydrogens (tertiary/aromatic N) is 2. The van der Waals surface area contributed by atoms with Crippen molar-refractivity contribution in [3.8, 4) is 0 Å². The van der Waals surface area contributed by atoms with Gasteiger partial charge in [-0.2, -0.15) is 0 Å². The van der Waals surface area contributed by atoms with E-state index in [1.54, 1.807) is 17.9 Å². The summed E-state index contributed by atoms with van der Waals surface area (Å²) in [7, 11) is 0. The maximum atomic E-state index is 15.8. The first-order chi connectivity index (χ1) is 15.3. The highest BCUT2D eigenvalue weighted by Gasteiger charge is 2.62. The van der Waals surface area contributed by atoms with Crippen LogP contribution in [0.1, 0.15) is 39.2 Å². The van der Waals surface area contributed by atoms with Gasteiger partial charge in [-0.15, -0.1) is 0 Å². The smallest absolute Gasteiger partial charge is 0.242 e. The molecule has 0 aliphatic carbocycles. The molecule has 2 N–H and O–H groups in total. The molecule has 1 spiro atoms. The zero-order chi connectivity index (χ0) is 22.8. The molecule has 2 saturated heterocycles. The fourth-order valence-corrected chi connectivity index (χ4v) is 5.52. The average Bonchev–Trinajstić information content (AvgIpc) is 3.12. The van der Waals surface area contributed by atoms with Crippen LogP contribution in [0.15, 0.2) is 10.6 Å². The Bertz CT molecular complexity index is 1130. The number of Topliss-reactive ketones (excluding diaryl/α,β-unsaturated/α-hetero) is 1. The second-order valence-electron chi connectivity index (χ2n) is 8.91. The van der Waals surface area contributed by atoms with Crippen LogP contribution in [-0.4, -0.2) is 54.1 Å². The molecule has 170 valence electrons. The van der Waals surface area contributed by atoms with Gasteiger partial charge in [-0.05, 0) is 38.3 Å². The van der Waals surface area contributed by atoms with Gasteiger partial charge in [0.1, 0.15) is 5.41 Å². The first-order valence-electron chi connectivity index (χ1n) is 10.9. The van der Waals surface area contributed by atoms with Gasteiger partial charge in [0.25, 0.3) is 0 Å². The topological polar surface area (TPSA) is 114 Å². The van der Waals surface area contributed by atoms with Gasteiger partial charge in [-0.1, -0.05) is 12.1 Å². The molecule has 3 aliphatic rings. The Kier molecular flexibility index (Phi) is 4.74. The predicted molar refractivity (Wildman–Crippen MR) is 113 cm³/mol. The van der Waals surface area contributed by atoms with Crippen LogP contribution in [0.4, 0.5) is 15.9 Å². The summed E-state index contributed by atoms with van der Waals surface area (Å²) < 4.78 is 27.1. The van der Waals surface area contributed by atoms with E-state index in [2.05, 4.69) is 15.8 Å². The van der Waals surface area contributed by atoms with E-state index >= 15 is 4.39 Å². The number of piperidine rings is 1. The van der Waals surface area contributed by atoms with E-state index in [4.69, 9.17) is 9.26 Å². The number of morpholine rings is 1. The molecule has 0 saturated carbocycles. The Morgan fingerprint density at radius 3 is 2.84 bits per heavy atom. The minimum Gasteiger partial charge on any atom is -0.372 e. The number of ether oxygens (including phenoxy) is 1. The van der Waals surface area contributed by atoms with Crippen molar-refractivity contribution in [2.75, 3.05) is 23.3 Å². The molecule has 0 bridgehead atoms. The Morgan fingerprint density at radius 1 is 1.34 bits per heavy atom. The summed E-state index contributed by atoms with van der Waals surface area (Å²) in [6, 6.07) is 0.987. The third-order valence-electron chi connectivity index (χ3n) is 6.72. The predicted octanol–water partition coefficient (Wildman–Crippen LogP) is 1.93. The first kappa shape index (κ1) is 20.9. The molecule has 1 unspecified atom stereocenters. The Labute approximate surface area is 183 Å². The highest BCUT2D eigenvalue weighted by atomic mass is 19.1. The van der Waals surface area contributed by atoms with Crippen LogP contribution in [0.2, 0.25) is 0 Å². The maximum Gasteiger partial charge on any atom is 0.242 e. The number of nitrogens with one attached hydrogen (secondary N) is 2. The lowest BCUT2D eigenvalue weighted by Crippen LogP contribution is -2.72. The lowest BCUT2D eigenvalue weighted by molar-refractivity contribution is -0.158. The fourth-order valence-electron chi connectivity index (χ4n) is 5.52. The van der Waals surface area contributed by atoms with E-state index in [0.717, 1.165) is 6.42 Å². The molecule has 1 aromatic heterocycles. The second kappa shape index (κ2) is 7.26. The monoisotopic (exact) mass is 444 g/mol. The molecule has 4 heterocycles. The van der Waals surface area contributed by atoms with Gasteiger partial charge in [0.2, 0.25) is 17.4 Å². The Morgan fingerprint density at radius 2 is 2.12 bits per heavy atom. The summed E-state index contributed by atoms with van der Waals surface area (Å²) in [5.41, 5.74) is -0.716. The van der Waals surface area contributed by atoms with E-state index in [-0.39, 0.29) is 24.7 Å². The summed E-state index contributed by atoms with van der Waals surface area (Å²) in [5, 5.41) is 9.89. The van der Waals surface area contributed by atoms with Crippen molar-refractivity contribution >= 4 is 40.1 Å². The van der Waals surface area contributed by atoms with Crippen LogP contribution in [0.5, 0.6) is 0 Å². The lowest BCUT2D eigenvalue weighted by atomic mass is 9.63. The molecule has 5 rings (SSSR count). The number of carbonyl (C=O) groups is 3. The molecule has 2 amide bonds. The summed E-state index contributed by atoms with van der Waals surface area (Å²) in [4.78, 5) is 40.2. The third kappa shape index (κ3) is 2.78. The number of hydrogen-bond acceptors (Lipinski definition) is 8. The van der Waals surface area contributed by atoms with Crippen molar-refractivity contribution in [3.63, 3.8) is 0 Å². The number of amides is 2. The van der Waals surface area contributed by atoms with Crippen molar-refractivity contribution < 1.29 is 28.0 Å². The quantitative estimate of drug-likeness (QED) is 0.545. The van der Waals surface area contributed by atoms with Gasteiger partial charge in [0, 0.05) is 13.1 Å². The molecule has 2 fully saturated rings. The highest BCUT2D eigenvalue weighted by molar-refractivity contribution is 6.22. The number of benzene rings is 1. The van der Waals surface area contributed by atoms with Gasteiger partial charge in [-0.3, -0.25) is 19.7 Å². The summed E-state index contributed by atoms with van der Waals surface area (Å²) >= 11 is 0. The van der Waals surface area contributed by atoms with Gasteiger partial charge >= 0.3 is 0 Å². The molecular formula is C22H25FN4O5. The molecule has 1 aromatic carbocycles. The number of imide groups is 1. The molecule has 32 heavy (non-hydrogen) atoms. The van der Waals surface area contributed by atoms with Crippen molar-refractivity contribution in [3.05, 3.63) is 17.4 Å².